The van der Waals surface area contributed by atoms with Crippen molar-refractivity contribution in [1.82, 2.24) is 4.90 Å². The Balaban J connectivity index is 1.66. The maximum absolute atomic E-state index is 13.5. The number of halogens is 2. The molecule has 2 aliphatic rings. The summed E-state index contributed by atoms with van der Waals surface area (Å²) in [6, 6.07) is 6.08. The van der Waals surface area contributed by atoms with E-state index in [0.717, 1.165) is 12.0 Å². The molecule has 0 aromatic heterocycles. The molecule has 102 valence electrons. The summed E-state index contributed by atoms with van der Waals surface area (Å²) in [6.07, 6.45) is 3.37. The number of hydrogen-bond acceptors (Lipinski definition) is 1. The molecule has 0 spiro atoms. The van der Waals surface area contributed by atoms with E-state index in [0.29, 0.717) is 22.4 Å². The van der Waals surface area contributed by atoms with Gasteiger partial charge in [0.1, 0.15) is 5.82 Å². The Hall–Kier alpha value is -1.10. The average molecular weight is 326 g/mol. The Morgan fingerprint density at radius 2 is 2.21 bits per heavy atom. The quantitative estimate of drug-likeness (QED) is 0.685. The molecule has 2 fully saturated rings. The molecular formula is C14H17BrFN3. The van der Waals surface area contributed by atoms with Crippen molar-refractivity contribution < 1.29 is 4.39 Å². The Bertz CT molecular complexity index is 527. The zero-order valence-corrected chi connectivity index (χ0v) is 12.4. The number of aliphatic imine (C=N–C) groups is 1. The first kappa shape index (κ1) is 12.9. The van der Waals surface area contributed by atoms with Gasteiger partial charge in [0, 0.05) is 19.0 Å². The largest absolute Gasteiger partial charge is 0.370 e. The van der Waals surface area contributed by atoms with Crippen molar-refractivity contribution in [3.63, 3.8) is 0 Å². The van der Waals surface area contributed by atoms with Crippen molar-refractivity contribution in [3.8, 4) is 0 Å². The molecule has 0 aliphatic heterocycles. The van der Waals surface area contributed by atoms with Crippen LogP contribution in [0.2, 0.25) is 0 Å². The minimum absolute atomic E-state index is 0.210. The standard InChI is InChI=1S/C14H17BrFN3/c1-19(9-3-4-9)14(17)18-13-7-10(13)8-2-5-11(15)12(16)6-8/h2,5-6,9-10,13H,3-4,7H2,1H3,(H2,17,18)/t10-,13+/m0/s1. The van der Waals surface area contributed by atoms with Crippen molar-refractivity contribution >= 4 is 21.9 Å². The van der Waals surface area contributed by atoms with Gasteiger partial charge >= 0.3 is 0 Å². The van der Waals surface area contributed by atoms with Gasteiger partial charge in [-0.3, -0.25) is 0 Å². The van der Waals surface area contributed by atoms with E-state index in [1.54, 1.807) is 12.1 Å². The summed E-state index contributed by atoms with van der Waals surface area (Å²) >= 11 is 3.17. The highest BCUT2D eigenvalue weighted by molar-refractivity contribution is 9.10. The summed E-state index contributed by atoms with van der Waals surface area (Å²) in [7, 11) is 1.99. The second-order valence-electron chi connectivity index (χ2n) is 5.41. The smallest absolute Gasteiger partial charge is 0.191 e. The highest BCUT2D eigenvalue weighted by Crippen LogP contribution is 2.44. The lowest BCUT2D eigenvalue weighted by Gasteiger charge is -2.16. The lowest BCUT2D eigenvalue weighted by molar-refractivity contribution is 0.487. The molecule has 2 N–H and O–H groups in total. The summed E-state index contributed by atoms with van der Waals surface area (Å²) in [5, 5.41) is 0. The van der Waals surface area contributed by atoms with Crippen molar-refractivity contribution in [2.45, 2.75) is 37.3 Å². The molecule has 0 saturated heterocycles. The van der Waals surface area contributed by atoms with Gasteiger partial charge in [0.2, 0.25) is 0 Å². The fraction of sp³-hybridized carbons (Fsp3) is 0.500. The first-order valence-corrected chi connectivity index (χ1v) is 7.36. The maximum atomic E-state index is 13.5. The van der Waals surface area contributed by atoms with Crippen LogP contribution in [0.4, 0.5) is 4.39 Å². The second-order valence-corrected chi connectivity index (χ2v) is 6.27. The third kappa shape index (κ3) is 2.76. The number of guanidine groups is 1. The first-order valence-electron chi connectivity index (χ1n) is 6.57. The average Bonchev–Trinajstić information content (AvgIpc) is 3.24. The highest BCUT2D eigenvalue weighted by Gasteiger charge is 2.39. The van der Waals surface area contributed by atoms with Crippen LogP contribution < -0.4 is 5.73 Å². The van der Waals surface area contributed by atoms with Crippen LogP contribution in [0.1, 0.15) is 30.7 Å². The maximum Gasteiger partial charge on any atom is 0.191 e. The Labute approximate surface area is 120 Å². The number of benzene rings is 1. The van der Waals surface area contributed by atoms with Gasteiger partial charge < -0.3 is 10.6 Å². The zero-order valence-electron chi connectivity index (χ0n) is 10.8. The first-order chi connectivity index (χ1) is 9.06. The number of nitrogens with two attached hydrogens (primary N) is 1. The SMILES string of the molecule is CN(C(N)=N[C@@H]1C[C@H]1c1ccc(Br)c(F)c1)C1CC1. The monoisotopic (exact) mass is 325 g/mol. The van der Waals surface area contributed by atoms with Crippen LogP contribution in [0.5, 0.6) is 0 Å². The van der Waals surface area contributed by atoms with Crippen LogP contribution in [0.25, 0.3) is 0 Å². The Morgan fingerprint density at radius 1 is 1.47 bits per heavy atom. The molecule has 2 atom stereocenters. The summed E-state index contributed by atoms with van der Waals surface area (Å²) in [5.74, 6) is 0.719. The molecular weight excluding hydrogens is 309 g/mol. The number of nitrogens with zero attached hydrogens (tertiary/aromatic N) is 2. The highest BCUT2D eigenvalue weighted by atomic mass is 79.9. The lowest BCUT2D eigenvalue weighted by Crippen LogP contribution is -2.36. The van der Waals surface area contributed by atoms with Crippen LogP contribution in [0.15, 0.2) is 27.7 Å². The van der Waals surface area contributed by atoms with Crippen molar-refractivity contribution in [2.24, 2.45) is 10.7 Å². The molecule has 0 unspecified atom stereocenters. The van der Waals surface area contributed by atoms with E-state index in [1.165, 1.54) is 12.8 Å². The minimum Gasteiger partial charge on any atom is -0.370 e. The third-order valence-corrected chi connectivity index (χ3v) is 4.53. The fourth-order valence-corrected chi connectivity index (χ4v) is 2.58. The van der Waals surface area contributed by atoms with Crippen LogP contribution >= 0.6 is 15.9 Å². The van der Waals surface area contributed by atoms with Crippen molar-refractivity contribution in [2.75, 3.05) is 7.05 Å². The van der Waals surface area contributed by atoms with Gasteiger partial charge in [-0.2, -0.15) is 0 Å². The van der Waals surface area contributed by atoms with Crippen molar-refractivity contribution in [1.29, 1.82) is 0 Å². The molecule has 0 heterocycles. The van der Waals surface area contributed by atoms with Crippen LogP contribution in [-0.2, 0) is 0 Å². The molecule has 1 aromatic carbocycles. The van der Waals surface area contributed by atoms with E-state index in [2.05, 4.69) is 25.8 Å². The van der Waals surface area contributed by atoms with Gasteiger partial charge in [-0.1, -0.05) is 6.07 Å². The normalized spacial score (nSPS) is 26.4. The van der Waals surface area contributed by atoms with Crippen LogP contribution in [0, 0.1) is 5.82 Å². The number of hydrogen-bond donors (Lipinski definition) is 1. The van der Waals surface area contributed by atoms with Crippen LogP contribution in [0.3, 0.4) is 0 Å². The predicted molar refractivity (Wildman–Crippen MR) is 77.7 cm³/mol. The second kappa shape index (κ2) is 4.78. The lowest BCUT2D eigenvalue weighted by atomic mass is 10.1. The van der Waals surface area contributed by atoms with Crippen LogP contribution in [-0.4, -0.2) is 30.0 Å². The minimum atomic E-state index is -0.213. The van der Waals surface area contributed by atoms with E-state index in [4.69, 9.17) is 5.73 Å². The fourth-order valence-electron chi connectivity index (χ4n) is 2.34. The molecule has 0 radical (unpaired) electrons. The number of rotatable bonds is 3. The van der Waals surface area contributed by atoms with Crippen molar-refractivity contribution in [3.05, 3.63) is 34.1 Å². The van der Waals surface area contributed by atoms with Gasteiger partial charge in [0.05, 0.1) is 10.5 Å². The summed E-state index contributed by atoms with van der Waals surface area (Å²) < 4.78 is 14.0. The van der Waals surface area contributed by atoms with Gasteiger partial charge in [-0.05, 0) is 52.9 Å². The Morgan fingerprint density at radius 3 is 2.84 bits per heavy atom. The van der Waals surface area contributed by atoms with Gasteiger partial charge in [-0.15, -0.1) is 0 Å². The summed E-state index contributed by atoms with van der Waals surface area (Å²) in [6.45, 7) is 0. The Kier molecular flexibility index (Phi) is 3.25. The zero-order chi connectivity index (χ0) is 13.6. The van der Waals surface area contributed by atoms with E-state index < -0.39 is 0 Å². The molecule has 2 aliphatic carbocycles. The molecule has 3 rings (SSSR count). The molecule has 0 amide bonds. The van der Waals surface area contributed by atoms with Gasteiger partial charge in [-0.25, -0.2) is 9.38 Å². The van der Waals surface area contributed by atoms with Gasteiger partial charge in [0.15, 0.2) is 5.96 Å². The van der Waals surface area contributed by atoms with E-state index in [-0.39, 0.29) is 11.9 Å². The molecule has 5 heteroatoms. The van der Waals surface area contributed by atoms with Gasteiger partial charge in [0.25, 0.3) is 0 Å². The molecule has 19 heavy (non-hydrogen) atoms. The third-order valence-electron chi connectivity index (χ3n) is 3.88. The molecule has 1 aromatic rings. The summed E-state index contributed by atoms with van der Waals surface area (Å²) in [4.78, 5) is 6.60. The summed E-state index contributed by atoms with van der Waals surface area (Å²) in [5.41, 5.74) is 7.00. The predicted octanol–water partition coefficient (Wildman–Crippen LogP) is 2.85. The molecule has 2 saturated carbocycles. The van der Waals surface area contributed by atoms with E-state index in [9.17, 15) is 4.39 Å². The van der Waals surface area contributed by atoms with E-state index >= 15 is 0 Å². The van der Waals surface area contributed by atoms with E-state index in [1.807, 2.05) is 13.1 Å². The topological polar surface area (TPSA) is 41.6 Å². The molecule has 0 bridgehead atoms. The molecule has 3 nitrogen and oxygen atoms in total.